The molecule has 0 saturated heterocycles. The van der Waals surface area contributed by atoms with Gasteiger partial charge in [0.2, 0.25) is 0 Å². The third kappa shape index (κ3) is 5.03. The molecule has 1 unspecified atom stereocenters. The van der Waals surface area contributed by atoms with Gasteiger partial charge >= 0.3 is 5.97 Å². The summed E-state index contributed by atoms with van der Waals surface area (Å²) in [5.74, 6) is -1.53. The number of carbonyl (C=O) groups is 1. The number of carbonyl (C=O) groups excluding carboxylic acids is 1. The van der Waals surface area contributed by atoms with E-state index in [-0.39, 0.29) is 17.8 Å². The second kappa shape index (κ2) is 8.06. The van der Waals surface area contributed by atoms with Crippen molar-refractivity contribution in [1.29, 1.82) is 0 Å². The number of rotatable bonds is 6. The minimum absolute atomic E-state index is 0.143. The third-order valence-electron chi connectivity index (χ3n) is 3.35. The number of halogens is 3. The van der Waals surface area contributed by atoms with Crippen LogP contribution in [-0.4, -0.2) is 18.0 Å². The van der Waals surface area contributed by atoms with E-state index in [1.165, 1.54) is 12.1 Å². The van der Waals surface area contributed by atoms with Crippen molar-refractivity contribution in [2.45, 2.75) is 25.1 Å². The molecule has 0 aliphatic carbocycles. The Labute approximate surface area is 139 Å². The standard InChI is InChI=1S/C18H17ClF2O2/c1-2-23-18(22)10-14(19)9-12-3-5-13(6-4-12)16-8-7-15(20)11-17(16)21/h3-8,11,14H,2,9-10H2,1H3. The highest BCUT2D eigenvalue weighted by atomic mass is 35.5. The fourth-order valence-electron chi connectivity index (χ4n) is 2.27. The first-order valence-electron chi connectivity index (χ1n) is 7.33. The minimum Gasteiger partial charge on any atom is -0.466 e. The van der Waals surface area contributed by atoms with Gasteiger partial charge in [0.1, 0.15) is 11.6 Å². The van der Waals surface area contributed by atoms with Crippen molar-refractivity contribution in [1.82, 2.24) is 0 Å². The summed E-state index contributed by atoms with van der Waals surface area (Å²) in [7, 11) is 0. The van der Waals surface area contributed by atoms with Gasteiger partial charge in [-0.2, -0.15) is 0 Å². The molecule has 5 heteroatoms. The zero-order chi connectivity index (χ0) is 16.8. The molecule has 23 heavy (non-hydrogen) atoms. The first kappa shape index (κ1) is 17.4. The second-order valence-corrected chi connectivity index (χ2v) is 5.75. The van der Waals surface area contributed by atoms with Gasteiger partial charge in [-0.15, -0.1) is 11.6 Å². The predicted octanol–water partition coefficient (Wildman–Crippen LogP) is 4.73. The van der Waals surface area contributed by atoms with Gasteiger partial charge in [-0.25, -0.2) is 8.78 Å². The van der Waals surface area contributed by atoms with Gasteiger partial charge in [-0.1, -0.05) is 24.3 Å². The third-order valence-corrected chi connectivity index (χ3v) is 3.66. The molecule has 2 nitrogen and oxygen atoms in total. The molecule has 0 aliphatic rings. The molecule has 0 fully saturated rings. The molecule has 2 rings (SSSR count). The van der Waals surface area contributed by atoms with Crippen LogP contribution in [0.1, 0.15) is 18.9 Å². The fraction of sp³-hybridized carbons (Fsp3) is 0.278. The van der Waals surface area contributed by atoms with Crippen LogP contribution in [0.2, 0.25) is 0 Å². The number of hydrogen-bond acceptors (Lipinski definition) is 2. The van der Waals surface area contributed by atoms with Gasteiger partial charge in [0.25, 0.3) is 0 Å². The van der Waals surface area contributed by atoms with Crippen LogP contribution in [0.3, 0.4) is 0 Å². The lowest BCUT2D eigenvalue weighted by Crippen LogP contribution is -2.13. The molecular weight excluding hydrogens is 322 g/mol. The van der Waals surface area contributed by atoms with E-state index in [9.17, 15) is 13.6 Å². The topological polar surface area (TPSA) is 26.3 Å². The summed E-state index contributed by atoms with van der Waals surface area (Å²) in [6.45, 7) is 2.08. The average Bonchev–Trinajstić information content (AvgIpc) is 2.48. The summed E-state index contributed by atoms with van der Waals surface area (Å²) in [6.07, 6.45) is 0.649. The average molecular weight is 339 g/mol. The van der Waals surface area contributed by atoms with Crippen molar-refractivity contribution in [2.75, 3.05) is 6.61 Å². The normalized spacial score (nSPS) is 12.0. The number of hydrogen-bond donors (Lipinski definition) is 0. The monoisotopic (exact) mass is 338 g/mol. The van der Waals surface area contributed by atoms with Crippen LogP contribution in [0.5, 0.6) is 0 Å². The van der Waals surface area contributed by atoms with Crippen molar-refractivity contribution < 1.29 is 18.3 Å². The van der Waals surface area contributed by atoms with Crippen LogP contribution in [-0.2, 0) is 16.0 Å². The van der Waals surface area contributed by atoms with Gasteiger partial charge < -0.3 is 4.74 Å². The van der Waals surface area contributed by atoms with E-state index in [2.05, 4.69) is 0 Å². The first-order valence-corrected chi connectivity index (χ1v) is 7.77. The van der Waals surface area contributed by atoms with Crippen LogP contribution in [0.15, 0.2) is 42.5 Å². The summed E-state index contributed by atoms with van der Waals surface area (Å²) < 4.78 is 31.5. The SMILES string of the molecule is CCOC(=O)CC(Cl)Cc1ccc(-c2ccc(F)cc2F)cc1. The molecule has 122 valence electrons. The van der Waals surface area contributed by atoms with E-state index in [0.29, 0.717) is 24.2 Å². The Hall–Kier alpha value is -1.94. The van der Waals surface area contributed by atoms with E-state index in [1.807, 2.05) is 12.1 Å². The predicted molar refractivity (Wildman–Crippen MR) is 86.4 cm³/mol. The summed E-state index contributed by atoms with van der Waals surface area (Å²) >= 11 is 6.14. The zero-order valence-electron chi connectivity index (χ0n) is 12.7. The molecule has 0 heterocycles. The van der Waals surface area contributed by atoms with Crippen molar-refractivity contribution in [3.05, 3.63) is 59.7 Å². The lowest BCUT2D eigenvalue weighted by atomic mass is 10.0. The molecule has 0 amide bonds. The zero-order valence-corrected chi connectivity index (χ0v) is 13.4. The quantitative estimate of drug-likeness (QED) is 0.562. The second-order valence-electron chi connectivity index (χ2n) is 5.13. The molecule has 0 aromatic heterocycles. The summed E-state index contributed by atoms with van der Waals surface area (Å²) in [5.41, 5.74) is 1.93. The Morgan fingerprint density at radius 3 is 2.48 bits per heavy atom. The maximum absolute atomic E-state index is 13.8. The van der Waals surface area contributed by atoms with Crippen LogP contribution in [0, 0.1) is 11.6 Å². The van der Waals surface area contributed by atoms with Crippen molar-refractivity contribution in [3.63, 3.8) is 0 Å². The Balaban J connectivity index is 2.03. The van der Waals surface area contributed by atoms with Gasteiger partial charge in [-0.05, 0) is 36.6 Å². The van der Waals surface area contributed by atoms with E-state index in [1.54, 1.807) is 19.1 Å². The number of ether oxygens (including phenoxy) is 1. The Kier molecular flexibility index (Phi) is 6.11. The van der Waals surface area contributed by atoms with Gasteiger partial charge in [0.05, 0.1) is 13.0 Å². The van der Waals surface area contributed by atoms with Gasteiger partial charge in [-0.3, -0.25) is 4.79 Å². The molecule has 0 saturated carbocycles. The summed E-state index contributed by atoms with van der Waals surface area (Å²) in [6, 6.07) is 10.6. The highest BCUT2D eigenvalue weighted by Crippen LogP contribution is 2.24. The fourth-order valence-corrected chi connectivity index (χ4v) is 2.58. The van der Waals surface area contributed by atoms with E-state index >= 15 is 0 Å². The Morgan fingerprint density at radius 1 is 1.17 bits per heavy atom. The molecule has 0 radical (unpaired) electrons. The van der Waals surface area contributed by atoms with Crippen LogP contribution < -0.4 is 0 Å². The van der Waals surface area contributed by atoms with Crippen molar-refractivity contribution >= 4 is 17.6 Å². The molecule has 0 bridgehead atoms. The Bertz CT molecular complexity index is 671. The highest BCUT2D eigenvalue weighted by molar-refractivity contribution is 6.21. The minimum atomic E-state index is -0.605. The lowest BCUT2D eigenvalue weighted by Gasteiger charge is -2.10. The van der Waals surface area contributed by atoms with Crippen molar-refractivity contribution in [2.24, 2.45) is 0 Å². The molecule has 0 aliphatic heterocycles. The smallest absolute Gasteiger partial charge is 0.307 e. The molecule has 0 spiro atoms. The first-order chi connectivity index (χ1) is 11.0. The van der Waals surface area contributed by atoms with Gasteiger partial charge in [0.15, 0.2) is 0 Å². The van der Waals surface area contributed by atoms with Gasteiger partial charge in [0, 0.05) is 17.0 Å². The molecule has 0 N–H and O–H groups in total. The molecular formula is C18H17ClF2O2. The van der Waals surface area contributed by atoms with E-state index < -0.39 is 11.6 Å². The van der Waals surface area contributed by atoms with Crippen molar-refractivity contribution in [3.8, 4) is 11.1 Å². The maximum Gasteiger partial charge on any atom is 0.307 e. The maximum atomic E-state index is 13.8. The largest absolute Gasteiger partial charge is 0.466 e. The molecule has 2 aromatic carbocycles. The van der Waals surface area contributed by atoms with E-state index in [0.717, 1.165) is 11.6 Å². The summed E-state index contributed by atoms with van der Waals surface area (Å²) in [5, 5.41) is -0.359. The lowest BCUT2D eigenvalue weighted by molar-refractivity contribution is -0.143. The number of benzene rings is 2. The van der Waals surface area contributed by atoms with E-state index in [4.69, 9.17) is 16.3 Å². The highest BCUT2D eigenvalue weighted by Gasteiger charge is 2.13. The molecule has 1 atom stereocenters. The number of esters is 1. The van der Waals surface area contributed by atoms with Crippen LogP contribution in [0.4, 0.5) is 8.78 Å². The Morgan fingerprint density at radius 2 is 1.87 bits per heavy atom. The van der Waals surface area contributed by atoms with Crippen LogP contribution >= 0.6 is 11.6 Å². The summed E-state index contributed by atoms with van der Waals surface area (Å²) in [4.78, 5) is 11.4. The van der Waals surface area contributed by atoms with Crippen LogP contribution in [0.25, 0.3) is 11.1 Å². The number of alkyl halides is 1. The molecule has 2 aromatic rings.